The molecule has 0 unspecified atom stereocenters. The van der Waals surface area contributed by atoms with Crippen LogP contribution in [0.1, 0.15) is 13.8 Å². The number of hydrogen-bond donors (Lipinski definition) is 0. The van der Waals surface area contributed by atoms with Crippen molar-refractivity contribution in [3.8, 4) is 16.2 Å². The summed E-state index contributed by atoms with van der Waals surface area (Å²) in [5, 5.41) is 1.93. The fourth-order valence-electron chi connectivity index (χ4n) is 1.60. The minimum Gasteiger partial charge on any atom is -0.477 e. The van der Waals surface area contributed by atoms with Crippen molar-refractivity contribution < 1.29 is 14.3 Å². The number of aromatic nitrogens is 1. The Morgan fingerprint density at radius 2 is 2.11 bits per heavy atom. The summed E-state index contributed by atoms with van der Waals surface area (Å²) in [6.45, 7) is 3.82. The van der Waals surface area contributed by atoms with Crippen LogP contribution in [0.15, 0.2) is 36.0 Å². The van der Waals surface area contributed by atoms with Gasteiger partial charge in [-0.1, -0.05) is 0 Å². The van der Waals surface area contributed by atoms with Crippen molar-refractivity contribution in [2.24, 2.45) is 0 Å². The zero-order valence-corrected chi connectivity index (χ0v) is 11.6. The van der Waals surface area contributed by atoms with Crippen LogP contribution in [0.2, 0.25) is 0 Å². The molecule has 0 saturated heterocycles. The van der Waals surface area contributed by atoms with E-state index in [1.54, 1.807) is 37.6 Å². The molecule has 5 heteroatoms. The summed E-state index contributed by atoms with van der Waals surface area (Å²) in [5.41, 5.74) is 1.02. The Labute approximate surface area is 116 Å². The van der Waals surface area contributed by atoms with Gasteiger partial charge in [0.15, 0.2) is 6.10 Å². The van der Waals surface area contributed by atoms with E-state index < -0.39 is 6.10 Å². The SMILES string of the molecule is CCOC(=O)[C@@H](C)Oc1ccsc1-c1ccncc1. The Morgan fingerprint density at radius 1 is 1.37 bits per heavy atom. The van der Waals surface area contributed by atoms with E-state index in [0.29, 0.717) is 12.4 Å². The van der Waals surface area contributed by atoms with Gasteiger partial charge in [-0.3, -0.25) is 4.98 Å². The Hall–Kier alpha value is -1.88. The van der Waals surface area contributed by atoms with Crippen molar-refractivity contribution in [2.45, 2.75) is 20.0 Å². The summed E-state index contributed by atoms with van der Waals surface area (Å²) in [6.07, 6.45) is 2.84. The van der Waals surface area contributed by atoms with Crippen LogP contribution in [0.5, 0.6) is 5.75 Å². The number of ether oxygens (including phenoxy) is 2. The Kier molecular flexibility index (Phi) is 4.52. The van der Waals surface area contributed by atoms with Crippen molar-refractivity contribution >= 4 is 17.3 Å². The molecule has 0 aliphatic carbocycles. The highest BCUT2D eigenvalue weighted by Gasteiger charge is 2.18. The van der Waals surface area contributed by atoms with Gasteiger partial charge >= 0.3 is 5.97 Å². The molecule has 0 bridgehead atoms. The first kappa shape index (κ1) is 13.5. The molecule has 2 aromatic heterocycles. The van der Waals surface area contributed by atoms with Gasteiger partial charge in [-0.25, -0.2) is 4.79 Å². The molecular formula is C14H15NO3S. The van der Waals surface area contributed by atoms with Crippen molar-refractivity contribution in [1.82, 2.24) is 4.98 Å². The first-order valence-electron chi connectivity index (χ1n) is 6.03. The maximum absolute atomic E-state index is 11.6. The van der Waals surface area contributed by atoms with E-state index in [9.17, 15) is 4.79 Å². The second-order valence-corrected chi connectivity index (χ2v) is 4.78. The number of carbonyl (C=O) groups excluding carboxylic acids is 1. The van der Waals surface area contributed by atoms with E-state index in [1.807, 2.05) is 23.6 Å². The topological polar surface area (TPSA) is 48.4 Å². The molecule has 2 heterocycles. The van der Waals surface area contributed by atoms with Gasteiger partial charge in [0.05, 0.1) is 11.5 Å². The first-order valence-corrected chi connectivity index (χ1v) is 6.91. The average molecular weight is 277 g/mol. The van der Waals surface area contributed by atoms with Crippen LogP contribution in [0.3, 0.4) is 0 Å². The molecule has 2 aromatic rings. The van der Waals surface area contributed by atoms with Gasteiger partial charge in [0.25, 0.3) is 0 Å². The number of hydrogen-bond acceptors (Lipinski definition) is 5. The van der Waals surface area contributed by atoms with Gasteiger partial charge in [-0.15, -0.1) is 11.3 Å². The van der Waals surface area contributed by atoms with E-state index >= 15 is 0 Å². The summed E-state index contributed by atoms with van der Waals surface area (Å²) in [6, 6.07) is 5.68. The average Bonchev–Trinajstić information content (AvgIpc) is 2.88. The van der Waals surface area contributed by atoms with Crippen molar-refractivity contribution in [3.05, 3.63) is 36.0 Å². The van der Waals surface area contributed by atoms with Crippen LogP contribution >= 0.6 is 11.3 Å². The Morgan fingerprint density at radius 3 is 2.79 bits per heavy atom. The molecule has 0 aliphatic heterocycles. The van der Waals surface area contributed by atoms with Crippen LogP contribution in [0.25, 0.3) is 10.4 Å². The second kappa shape index (κ2) is 6.33. The molecule has 0 N–H and O–H groups in total. The lowest BCUT2D eigenvalue weighted by atomic mass is 10.2. The van der Waals surface area contributed by atoms with E-state index in [2.05, 4.69) is 4.98 Å². The maximum Gasteiger partial charge on any atom is 0.347 e. The molecule has 0 aromatic carbocycles. The monoisotopic (exact) mass is 277 g/mol. The number of pyridine rings is 1. The van der Waals surface area contributed by atoms with E-state index in [4.69, 9.17) is 9.47 Å². The van der Waals surface area contributed by atoms with Crippen LogP contribution in [0, 0.1) is 0 Å². The highest BCUT2D eigenvalue weighted by atomic mass is 32.1. The summed E-state index contributed by atoms with van der Waals surface area (Å²) in [4.78, 5) is 16.5. The summed E-state index contributed by atoms with van der Waals surface area (Å²) < 4.78 is 10.6. The quantitative estimate of drug-likeness (QED) is 0.788. The largest absolute Gasteiger partial charge is 0.477 e. The summed E-state index contributed by atoms with van der Waals surface area (Å²) >= 11 is 1.56. The van der Waals surface area contributed by atoms with Crippen molar-refractivity contribution in [3.63, 3.8) is 0 Å². The van der Waals surface area contributed by atoms with Gasteiger partial charge in [-0.2, -0.15) is 0 Å². The molecule has 0 radical (unpaired) electrons. The van der Waals surface area contributed by atoms with Crippen molar-refractivity contribution in [2.75, 3.05) is 6.61 Å². The van der Waals surface area contributed by atoms with Gasteiger partial charge in [-0.05, 0) is 43.0 Å². The lowest BCUT2D eigenvalue weighted by Crippen LogP contribution is -2.26. The van der Waals surface area contributed by atoms with Crippen LogP contribution in [-0.2, 0) is 9.53 Å². The third kappa shape index (κ3) is 3.32. The number of thiophene rings is 1. The zero-order chi connectivity index (χ0) is 13.7. The Balaban J connectivity index is 2.15. The maximum atomic E-state index is 11.6. The smallest absolute Gasteiger partial charge is 0.347 e. The molecule has 0 fully saturated rings. The van der Waals surface area contributed by atoms with Gasteiger partial charge in [0.1, 0.15) is 5.75 Å². The predicted octanol–water partition coefficient (Wildman–Crippen LogP) is 3.14. The first-order chi connectivity index (χ1) is 9.22. The lowest BCUT2D eigenvalue weighted by Gasteiger charge is -2.13. The summed E-state index contributed by atoms with van der Waals surface area (Å²) in [7, 11) is 0. The second-order valence-electron chi connectivity index (χ2n) is 3.86. The molecule has 0 saturated carbocycles. The standard InChI is InChI=1S/C14H15NO3S/c1-3-17-14(16)10(2)18-12-6-9-19-13(12)11-4-7-15-8-5-11/h4-10H,3H2,1-2H3/t10-/m1/s1. The molecular weight excluding hydrogens is 262 g/mol. The van der Waals surface area contributed by atoms with E-state index in [-0.39, 0.29) is 5.97 Å². The molecule has 19 heavy (non-hydrogen) atoms. The summed E-state index contributed by atoms with van der Waals surface area (Å²) in [5.74, 6) is 0.339. The minimum absolute atomic E-state index is 0.352. The fraction of sp³-hybridized carbons (Fsp3) is 0.286. The number of nitrogens with zero attached hydrogens (tertiary/aromatic N) is 1. The predicted molar refractivity (Wildman–Crippen MR) is 74.3 cm³/mol. The number of rotatable bonds is 5. The zero-order valence-electron chi connectivity index (χ0n) is 10.8. The normalized spacial score (nSPS) is 11.9. The van der Waals surface area contributed by atoms with Gasteiger partial charge < -0.3 is 9.47 Å². The van der Waals surface area contributed by atoms with Crippen LogP contribution < -0.4 is 4.74 Å². The molecule has 0 aliphatic rings. The number of esters is 1. The molecule has 4 nitrogen and oxygen atoms in total. The van der Waals surface area contributed by atoms with Crippen molar-refractivity contribution in [1.29, 1.82) is 0 Å². The molecule has 0 amide bonds. The lowest BCUT2D eigenvalue weighted by molar-refractivity contribution is -0.150. The highest BCUT2D eigenvalue weighted by Crippen LogP contribution is 2.35. The Bertz CT molecular complexity index is 539. The third-order valence-corrected chi connectivity index (χ3v) is 3.44. The highest BCUT2D eigenvalue weighted by molar-refractivity contribution is 7.14. The molecule has 1 atom stereocenters. The van der Waals surface area contributed by atoms with E-state index in [1.165, 1.54) is 0 Å². The third-order valence-electron chi connectivity index (χ3n) is 2.49. The molecule has 100 valence electrons. The van der Waals surface area contributed by atoms with Gasteiger partial charge in [0, 0.05) is 12.4 Å². The van der Waals surface area contributed by atoms with E-state index in [0.717, 1.165) is 10.4 Å². The van der Waals surface area contributed by atoms with Crippen LogP contribution in [0.4, 0.5) is 0 Å². The number of carbonyl (C=O) groups is 1. The van der Waals surface area contributed by atoms with Gasteiger partial charge in [0.2, 0.25) is 0 Å². The molecule has 2 rings (SSSR count). The minimum atomic E-state index is -0.616. The fourth-order valence-corrected chi connectivity index (χ4v) is 2.43. The molecule has 0 spiro atoms. The van der Waals surface area contributed by atoms with Crippen LogP contribution in [-0.4, -0.2) is 23.7 Å².